The summed E-state index contributed by atoms with van der Waals surface area (Å²) in [4.78, 5) is 3.81. The summed E-state index contributed by atoms with van der Waals surface area (Å²) in [5.74, 6) is 0.607. The molecule has 0 N–H and O–H groups in total. The molecule has 3 nitrogen and oxygen atoms in total. The zero-order valence-electron chi connectivity index (χ0n) is 19.2. The maximum absolute atomic E-state index is 7.71. The number of nitrogens with zero attached hydrogens (tertiary/aromatic N) is 3. The first kappa shape index (κ1) is 19.1. The molecule has 0 saturated heterocycles. The fourth-order valence-corrected chi connectivity index (χ4v) is 5.60. The molecule has 6 aromatic rings. The van der Waals surface area contributed by atoms with Crippen LogP contribution in [0.4, 0.5) is 5.69 Å². The summed E-state index contributed by atoms with van der Waals surface area (Å²) in [5.41, 5.74) is 9.57. The monoisotopic (exact) mass is 416 g/mol. The van der Waals surface area contributed by atoms with Gasteiger partial charge in [-0.2, -0.15) is 0 Å². The third-order valence-corrected chi connectivity index (χ3v) is 7.09. The maximum atomic E-state index is 7.71. The van der Waals surface area contributed by atoms with E-state index in [-0.39, 0.29) is 0 Å². The second kappa shape index (κ2) is 6.43. The van der Waals surface area contributed by atoms with Gasteiger partial charge < -0.3 is 4.40 Å². The number of aromatic nitrogens is 2. The molecular weight excluding hydrogens is 390 g/mol. The van der Waals surface area contributed by atoms with Crippen molar-refractivity contribution in [3.05, 3.63) is 76.8 Å². The molecule has 3 aromatic heterocycles. The Balaban J connectivity index is 2.00. The van der Waals surface area contributed by atoms with E-state index in [4.69, 9.17) is 6.57 Å². The smallest absolute Gasteiger partial charge is 0.224 e. The molecule has 3 heteroatoms. The summed E-state index contributed by atoms with van der Waals surface area (Å²) < 4.78 is 4.68. The van der Waals surface area contributed by atoms with Crippen molar-refractivity contribution in [3.8, 4) is 0 Å². The summed E-state index contributed by atoms with van der Waals surface area (Å²) in [6.07, 6.45) is 3.19. The van der Waals surface area contributed by atoms with Gasteiger partial charge in [0.2, 0.25) is 5.52 Å². The molecule has 0 aliphatic carbocycles. The average molecular weight is 417 g/mol. The van der Waals surface area contributed by atoms with Gasteiger partial charge in [0.1, 0.15) is 7.05 Å². The van der Waals surface area contributed by atoms with Crippen molar-refractivity contribution in [2.45, 2.75) is 34.1 Å². The Kier molecular flexibility index (Phi) is 3.84. The molecule has 0 bridgehead atoms. The van der Waals surface area contributed by atoms with Crippen LogP contribution in [0.1, 0.15) is 30.5 Å². The Labute approximate surface area is 187 Å². The van der Waals surface area contributed by atoms with Crippen LogP contribution in [0.15, 0.2) is 48.7 Å². The number of fused-ring (bicyclic) bond motifs is 5. The lowest BCUT2D eigenvalue weighted by atomic mass is 9.96. The summed E-state index contributed by atoms with van der Waals surface area (Å²) in [6.45, 7) is 16.7. The van der Waals surface area contributed by atoms with E-state index >= 15 is 0 Å². The second-order valence-electron chi connectivity index (χ2n) is 9.69. The number of hydrogen-bond acceptors (Lipinski definition) is 0. The number of hydrogen-bond donors (Lipinski definition) is 0. The van der Waals surface area contributed by atoms with Crippen LogP contribution < -0.4 is 4.57 Å². The highest BCUT2D eigenvalue weighted by molar-refractivity contribution is 6.26. The SMILES string of the molecule is [C-]#[N+]c1cc2cc[n+](C)c3c4c(C)c(C)cc5c6ccc(CC(C)C)cc6n(c(c1)c23)c54. The van der Waals surface area contributed by atoms with Crippen molar-refractivity contribution < 1.29 is 4.57 Å². The van der Waals surface area contributed by atoms with Crippen LogP contribution in [0.5, 0.6) is 0 Å². The Morgan fingerprint density at radius 3 is 2.53 bits per heavy atom. The van der Waals surface area contributed by atoms with Crippen molar-refractivity contribution >= 4 is 54.7 Å². The molecule has 156 valence electrons. The van der Waals surface area contributed by atoms with Crippen LogP contribution in [0.2, 0.25) is 0 Å². The Morgan fingerprint density at radius 1 is 0.969 bits per heavy atom. The van der Waals surface area contributed by atoms with Crippen LogP contribution >= 0.6 is 0 Å². The molecule has 0 unspecified atom stereocenters. The molecule has 0 spiro atoms. The molecule has 0 aliphatic rings. The standard InChI is InChI=1S/C29H26N3/c1-16(2)11-19-7-8-22-23-12-17(3)18(4)26-28(23)32(24(22)13-19)25-15-21(30-5)14-20-9-10-31(6)29(26)27(20)25/h7-10,12-16H,11H2,1-4,6H3/q+1. The molecule has 0 radical (unpaired) electrons. The molecule has 0 aliphatic heterocycles. The maximum Gasteiger partial charge on any atom is 0.224 e. The third-order valence-electron chi connectivity index (χ3n) is 7.09. The molecule has 6 rings (SSSR count). The third kappa shape index (κ3) is 2.38. The predicted octanol–water partition coefficient (Wildman–Crippen LogP) is 7.18. The van der Waals surface area contributed by atoms with Gasteiger partial charge in [0.15, 0.2) is 11.9 Å². The van der Waals surface area contributed by atoms with E-state index in [1.165, 1.54) is 54.8 Å². The quantitative estimate of drug-likeness (QED) is 0.123. The summed E-state index contributed by atoms with van der Waals surface area (Å²) in [7, 11) is 2.13. The highest BCUT2D eigenvalue weighted by Crippen LogP contribution is 2.42. The number of pyridine rings is 2. The average Bonchev–Trinajstić information content (AvgIpc) is 3.08. The van der Waals surface area contributed by atoms with Crippen LogP contribution in [0.25, 0.3) is 53.8 Å². The molecule has 0 atom stereocenters. The van der Waals surface area contributed by atoms with E-state index in [1.807, 2.05) is 6.07 Å². The van der Waals surface area contributed by atoms with Crippen molar-refractivity contribution in [3.63, 3.8) is 0 Å². The molecule has 3 aromatic carbocycles. The fraction of sp³-hybridized carbons (Fsp3) is 0.241. The molecule has 0 amide bonds. The van der Waals surface area contributed by atoms with Crippen LogP contribution in [-0.2, 0) is 13.5 Å². The predicted molar refractivity (Wildman–Crippen MR) is 134 cm³/mol. The Hall–Kier alpha value is -3.64. The number of aryl methyl sites for hydroxylation is 3. The topological polar surface area (TPSA) is 12.7 Å². The molecule has 0 saturated carbocycles. The minimum atomic E-state index is 0.607. The van der Waals surface area contributed by atoms with E-state index in [1.54, 1.807) is 0 Å². The lowest BCUT2D eigenvalue weighted by Gasteiger charge is -2.14. The normalized spacial score (nSPS) is 12.3. The summed E-state index contributed by atoms with van der Waals surface area (Å²) in [6, 6.07) is 15.5. The Bertz CT molecular complexity index is 1760. The van der Waals surface area contributed by atoms with Gasteiger partial charge in [-0.25, -0.2) is 9.41 Å². The second-order valence-corrected chi connectivity index (χ2v) is 9.69. The number of rotatable bonds is 2. The van der Waals surface area contributed by atoms with Gasteiger partial charge in [0.25, 0.3) is 0 Å². The van der Waals surface area contributed by atoms with E-state index in [0.717, 1.165) is 17.3 Å². The molecule has 3 heterocycles. The zero-order valence-corrected chi connectivity index (χ0v) is 19.2. The van der Waals surface area contributed by atoms with Crippen molar-refractivity contribution in [2.24, 2.45) is 13.0 Å². The van der Waals surface area contributed by atoms with E-state index in [2.05, 4.69) is 91.2 Å². The van der Waals surface area contributed by atoms with E-state index < -0.39 is 0 Å². The lowest BCUT2D eigenvalue weighted by Crippen LogP contribution is -2.29. The molecule has 0 fully saturated rings. The van der Waals surface area contributed by atoms with Crippen LogP contribution in [-0.4, -0.2) is 4.40 Å². The first-order valence-electron chi connectivity index (χ1n) is 11.3. The van der Waals surface area contributed by atoms with E-state index in [0.29, 0.717) is 11.6 Å². The van der Waals surface area contributed by atoms with Gasteiger partial charge in [-0.05, 0) is 72.5 Å². The van der Waals surface area contributed by atoms with Gasteiger partial charge in [0.05, 0.1) is 33.9 Å². The van der Waals surface area contributed by atoms with E-state index in [9.17, 15) is 0 Å². The van der Waals surface area contributed by atoms with Gasteiger partial charge in [0, 0.05) is 16.8 Å². The summed E-state index contributed by atoms with van der Waals surface area (Å²) >= 11 is 0. The first-order chi connectivity index (χ1) is 15.4. The minimum absolute atomic E-state index is 0.607. The van der Waals surface area contributed by atoms with Crippen molar-refractivity contribution in [1.29, 1.82) is 0 Å². The van der Waals surface area contributed by atoms with Crippen molar-refractivity contribution in [2.75, 3.05) is 0 Å². The zero-order chi connectivity index (χ0) is 22.3. The van der Waals surface area contributed by atoms with Gasteiger partial charge in [-0.3, -0.25) is 0 Å². The summed E-state index contributed by atoms with van der Waals surface area (Å²) in [5, 5.41) is 6.26. The largest absolute Gasteiger partial charge is 0.309 e. The Morgan fingerprint density at radius 2 is 1.78 bits per heavy atom. The van der Waals surface area contributed by atoms with Gasteiger partial charge in [-0.15, -0.1) is 0 Å². The highest BCUT2D eigenvalue weighted by atomic mass is 15.0. The van der Waals surface area contributed by atoms with Crippen molar-refractivity contribution in [1.82, 2.24) is 4.40 Å². The van der Waals surface area contributed by atoms with Crippen LogP contribution in [0, 0.1) is 26.3 Å². The highest BCUT2D eigenvalue weighted by Gasteiger charge is 2.25. The lowest BCUT2D eigenvalue weighted by molar-refractivity contribution is -0.643. The fourth-order valence-electron chi connectivity index (χ4n) is 5.60. The number of benzene rings is 3. The first-order valence-corrected chi connectivity index (χ1v) is 11.3. The van der Waals surface area contributed by atoms with Gasteiger partial charge >= 0.3 is 0 Å². The molecule has 32 heavy (non-hydrogen) atoms. The molecular formula is C29H26N3+. The van der Waals surface area contributed by atoms with Crippen LogP contribution in [0.3, 0.4) is 0 Å². The van der Waals surface area contributed by atoms with Gasteiger partial charge in [-0.1, -0.05) is 26.0 Å². The minimum Gasteiger partial charge on any atom is -0.309 e.